The highest BCUT2D eigenvalue weighted by molar-refractivity contribution is 7.99. The summed E-state index contributed by atoms with van der Waals surface area (Å²) < 4.78 is 23.5. The highest BCUT2D eigenvalue weighted by Gasteiger charge is 2.32. The highest BCUT2D eigenvalue weighted by atomic mass is 32.2. The number of rotatable bonds is 7. The lowest BCUT2D eigenvalue weighted by atomic mass is 10.0. The largest absolute Gasteiger partial charge is 0.354 e. The monoisotopic (exact) mass is 418 g/mol. The molecule has 1 aliphatic rings. The second kappa shape index (κ2) is 9.58. The van der Waals surface area contributed by atoms with Gasteiger partial charge in [0.1, 0.15) is 6.04 Å². The maximum absolute atomic E-state index is 12.9. The highest BCUT2D eigenvalue weighted by Crippen LogP contribution is 2.23. The zero-order chi connectivity index (χ0) is 20.0. The van der Waals surface area contributed by atoms with Crippen LogP contribution in [0.3, 0.4) is 0 Å². The van der Waals surface area contributed by atoms with Crippen LogP contribution in [0, 0.1) is 6.92 Å². The van der Waals surface area contributed by atoms with Crippen LogP contribution < -0.4 is 5.32 Å². The third-order valence-electron chi connectivity index (χ3n) is 4.80. The number of aryl methyl sites for hydroxylation is 1. The predicted molar refractivity (Wildman–Crippen MR) is 114 cm³/mol. The summed E-state index contributed by atoms with van der Waals surface area (Å²) in [5.74, 6) is 0.916. The van der Waals surface area contributed by atoms with Crippen molar-refractivity contribution >= 4 is 27.5 Å². The molecule has 1 heterocycles. The fourth-order valence-corrected chi connectivity index (χ4v) is 5.22. The Morgan fingerprint density at radius 2 is 1.71 bits per heavy atom. The minimum Gasteiger partial charge on any atom is -0.354 e. The van der Waals surface area contributed by atoms with Crippen LogP contribution in [0.1, 0.15) is 17.2 Å². The lowest BCUT2D eigenvalue weighted by molar-refractivity contribution is -0.126. The summed E-state index contributed by atoms with van der Waals surface area (Å²) in [5.41, 5.74) is 2.12. The molecule has 7 heteroatoms. The van der Waals surface area contributed by atoms with Crippen molar-refractivity contribution in [3.05, 3.63) is 65.7 Å². The number of benzene rings is 2. The van der Waals surface area contributed by atoms with E-state index in [1.807, 2.05) is 35.2 Å². The van der Waals surface area contributed by atoms with E-state index in [4.69, 9.17) is 0 Å². The standard InChI is InChI=1S/C21H26N2O3S2/c1-17-7-9-19(10-8-17)27-14-11-22-21(24)20(18-5-3-2-4-6-18)23-12-15-28(25,26)16-13-23/h2-10,20H,11-16H2,1H3,(H,22,24). The average Bonchev–Trinajstić information content (AvgIpc) is 2.69. The molecule has 1 unspecified atom stereocenters. The first-order chi connectivity index (χ1) is 13.4. The van der Waals surface area contributed by atoms with Crippen LogP contribution in [0.15, 0.2) is 59.5 Å². The van der Waals surface area contributed by atoms with Crippen LogP contribution in [-0.4, -0.2) is 56.1 Å². The number of hydrogen-bond donors (Lipinski definition) is 1. The van der Waals surface area contributed by atoms with Crippen molar-refractivity contribution in [3.8, 4) is 0 Å². The van der Waals surface area contributed by atoms with E-state index in [1.54, 1.807) is 11.8 Å². The van der Waals surface area contributed by atoms with Crippen molar-refractivity contribution in [1.82, 2.24) is 10.2 Å². The van der Waals surface area contributed by atoms with Crippen molar-refractivity contribution in [3.63, 3.8) is 0 Å². The van der Waals surface area contributed by atoms with E-state index in [0.717, 1.165) is 11.3 Å². The van der Waals surface area contributed by atoms with E-state index in [1.165, 1.54) is 10.5 Å². The maximum Gasteiger partial charge on any atom is 0.241 e. The van der Waals surface area contributed by atoms with Gasteiger partial charge in [0.05, 0.1) is 11.5 Å². The van der Waals surface area contributed by atoms with Crippen LogP contribution in [0.25, 0.3) is 0 Å². The van der Waals surface area contributed by atoms with Crippen LogP contribution in [0.5, 0.6) is 0 Å². The summed E-state index contributed by atoms with van der Waals surface area (Å²) in [7, 11) is -2.99. The minimum atomic E-state index is -2.99. The van der Waals surface area contributed by atoms with E-state index in [9.17, 15) is 13.2 Å². The van der Waals surface area contributed by atoms with Crippen molar-refractivity contribution < 1.29 is 13.2 Å². The fourth-order valence-electron chi connectivity index (χ4n) is 3.22. The molecule has 1 aliphatic heterocycles. The summed E-state index contributed by atoms with van der Waals surface area (Å²) in [6, 6.07) is 17.5. The minimum absolute atomic E-state index is 0.0741. The molecular weight excluding hydrogens is 392 g/mol. The van der Waals surface area contributed by atoms with Gasteiger partial charge in [-0.1, -0.05) is 48.0 Å². The molecule has 1 atom stereocenters. The fraction of sp³-hybridized carbons (Fsp3) is 0.381. The third-order valence-corrected chi connectivity index (χ3v) is 7.42. The number of nitrogens with one attached hydrogen (secondary N) is 1. The normalized spacial score (nSPS) is 17.8. The Morgan fingerprint density at radius 1 is 1.07 bits per heavy atom. The predicted octanol–water partition coefficient (Wildman–Crippen LogP) is 2.68. The van der Waals surface area contributed by atoms with Gasteiger partial charge >= 0.3 is 0 Å². The number of amides is 1. The van der Waals surface area contributed by atoms with E-state index in [2.05, 4.69) is 36.5 Å². The Bertz CT molecular complexity index is 870. The zero-order valence-electron chi connectivity index (χ0n) is 16.0. The van der Waals surface area contributed by atoms with Gasteiger partial charge in [0.25, 0.3) is 0 Å². The lowest BCUT2D eigenvalue weighted by Crippen LogP contribution is -2.47. The maximum atomic E-state index is 12.9. The van der Waals surface area contributed by atoms with E-state index < -0.39 is 15.9 Å². The third kappa shape index (κ3) is 5.83. The second-order valence-electron chi connectivity index (χ2n) is 6.95. The van der Waals surface area contributed by atoms with Gasteiger partial charge in [-0.3, -0.25) is 9.69 Å². The van der Waals surface area contributed by atoms with Gasteiger partial charge < -0.3 is 5.32 Å². The van der Waals surface area contributed by atoms with Gasteiger partial charge in [-0.15, -0.1) is 11.8 Å². The number of thioether (sulfide) groups is 1. The first kappa shape index (κ1) is 20.9. The van der Waals surface area contributed by atoms with Crippen LogP contribution in [0.4, 0.5) is 0 Å². The number of nitrogens with zero attached hydrogens (tertiary/aromatic N) is 1. The quantitative estimate of drug-likeness (QED) is 0.553. The van der Waals surface area contributed by atoms with Crippen molar-refractivity contribution in [2.75, 3.05) is 36.9 Å². The molecule has 0 radical (unpaired) electrons. The molecule has 2 aromatic carbocycles. The van der Waals surface area contributed by atoms with Gasteiger partial charge in [-0.25, -0.2) is 8.42 Å². The summed E-state index contributed by atoms with van der Waals surface area (Å²) >= 11 is 1.71. The molecule has 0 saturated carbocycles. The molecule has 0 spiro atoms. The summed E-state index contributed by atoms with van der Waals surface area (Å²) in [4.78, 5) is 16.1. The SMILES string of the molecule is Cc1ccc(SCCNC(=O)C(c2ccccc2)N2CCS(=O)(=O)CC2)cc1. The van der Waals surface area contributed by atoms with Gasteiger partial charge in [-0.05, 0) is 24.6 Å². The van der Waals surface area contributed by atoms with Gasteiger partial charge in [-0.2, -0.15) is 0 Å². The molecule has 1 amide bonds. The molecule has 1 fully saturated rings. The smallest absolute Gasteiger partial charge is 0.241 e. The molecule has 0 bridgehead atoms. The molecule has 0 aliphatic carbocycles. The Labute approximate surface area is 171 Å². The van der Waals surface area contributed by atoms with Gasteiger partial charge in [0.15, 0.2) is 9.84 Å². The van der Waals surface area contributed by atoms with E-state index >= 15 is 0 Å². The number of sulfone groups is 1. The van der Waals surface area contributed by atoms with Crippen LogP contribution >= 0.6 is 11.8 Å². The first-order valence-electron chi connectivity index (χ1n) is 9.41. The molecule has 0 aromatic heterocycles. The summed E-state index contributed by atoms with van der Waals surface area (Å²) in [6.45, 7) is 3.39. The van der Waals surface area contributed by atoms with Crippen molar-refractivity contribution in [2.45, 2.75) is 17.9 Å². The Morgan fingerprint density at radius 3 is 2.36 bits per heavy atom. The second-order valence-corrected chi connectivity index (χ2v) is 10.4. The summed E-state index contributed by atoms with van der Waals surface area (Å²) in [5, 5.41) is 3.03. The Balaban J connectivity index is 1.59. The number of carbonyl (C=O) groups is 1. The van der Waals surface area contributed by atoms with Crippen molar-refractivity contribution in [1.29, 1.82) is 0 Å². The topological polar surface area (TPSA) is 66.5 Å². The first-order valence-corrected chi connectivity index (χ1v) is 12.2. The number of carbonyl (C=O) groups excluding carboxylic acids is 1. The molecule has 1 N–H and O–H groups in total. The summed E-state index contributed by atoms with van der Waals surface area (Å²) in [6.07, 6.45) is 0. The zero-order valence-corrected chi connectivity index (χ0v) is 17.6. The molecule has 1 saturated heterocycles. The van der Waals surface area contributed by atoms with Crippen LogP contribution in [-0.2, 0) is 14.6 Å². The molecule has 5 nitrogen and oxygen atoms in total. The molecule has 2 aromatic rings. The van der Waals surface area contributed by atoms with Gasteiger partial charge in [0, 0.05) is 30.3 Å². The van der Waals surface area contributed by atoms with Gasteiger partial charge in [0.2, 0.25) is 5.91 Å². The molecule has 28 heavy (non-hydrogen) atoms. The lowest BCUT2D eigenvalue weighted by Gasteiger charge is -2.33. The molecule has 150 valence electrons. The van der Waals surface area contributed by atoms with Crippen LogP contribution in [0.2, 0.25) is 0 Å². The molecule has 3 rings (SSSR count). The van der Waals surface area contributed by atoms with Crippen molar-refractivity contribution in [2.24, 2.45) is 0 Å². The Kier molecular flexibility index (Phi) is 7.15. The Hall–Kier alpha value is -1.83. The van der Waals surface area contributed by atoms with E-state index in [0.29, 0.717) is 19.6 Å². The number of hydrogen-bond acceptors (Lipinski definition) is 5. The van der Waals surface area contributed by atoms with E-state index in [-0.39, 0.29) is 17.4 Å². The molecular formula is C21H26N2O3S2. The average molecular weight is 419 g/mol.